The lowest BCUT2D eigenvalue weighted by molar-refractivity contribution is -0.115. The number of carbonyl (C=O) groups excluding carboxylic acids is 1. The second-order valence-corrected chi connectivity index (χ2v) is 4.77. The third-order valence-corrected chi connectivity index (χ3v) is 3.14. The molecule has 0 saturated heterocycles. The average Bonchev–Trinajstić information content (AvgIpc) is 2.48. The number of carbonyl (C=O) groups is 1. The molecule has 2 aromatic rings. The van der Waals surface area contributed by atoms with E-state index in [2.05, 4.69) is 10.6 Å². The number of methoxy groups -OCH3 is 1. The Kier molecular flexibility index (Phi) is 5.35. The van der Waals surface area contributed by atoms with E-state index in [-0.39, 0.29) is 5.91 Å². The highest BCUT2D eigenvalue weighted by Crippen LogP contribution is 2.18. The van der Waals surface area contributed by atoms with Gasteiger partial charge in [-0.15, -0.1) is 0 Å². The minimum absolute atomic E-state index is 0.0545. The van der Waals surface area contributed by atoms with Crippen molar-refractivity contribution in [3.63, 3.8) is 0 Å². The van der Waals surface area contributed by atoms with Crippen LogP contribution < -0.4 is 15.4 Å². The molecule has 0 heterocycles. The zero-order chi connectivity index (χ0) is 15.1. The Labute approximate surface area is 125 Å². The third-order valence-electron chi connectivity index (χ3n) is 3.14. The Morgan fingerprint density at radius 1 is 1.14 bits per heavy atom. The summed E-state index contributed by atoms with van der Waals surface area (Å²) in [6.07, 6.45) is 0.292. The van der Waals surface area contributed by atoms with Gasteiger partial charge in [0.15, 0.2) is 0 Å². The standard InChI is InChI=1S/C17H20N2O2/c1-18-12-13-6-5-8-15(10-13)19-17(20)11-14-7-3-4-9-16(14)21-2/h3-10,18H,11-12H2,1-2H3,(H,19,20). The normalized spacial score (nSPS) is 10.2. The fraction of sp³-hybridized carbons (Fsp3) is 0.235. The molecule has 21 heavy (non-hydrogen) atoms. The first-order valence-electron chi connectivity index (χ1n) is 6.88. The number of anilines is 1. The van der Waals surface area contributed by atoms with E-state index >= 15 is 0 Å². The highest BCUT2D eigenvalue weighted by Gasteiger charge is 2.08. The van der Waals surface area contributed by atoms with Gasteiger partial charge in [-0.25, -0.2) is 0 Å². The molecule has 0 aliphatic carbocycles. The van der Waals surface area contributed by atoms with E-state index in [0.29, 0.717) is 6.42 Å². The first-order chi connectivity index (χ1) is 10.2. The number of hydrogen-bond donors (Lipinski definition) is 2. The summed E-state index contributed by atoms with van der Waals surface area (Å²) in [5, 5.41) is 6.01. The van der Waals surface area contributed by atoms with E-state index < -0.39 is 0 Å². The number of para-hydroxylation sites is 1. The Balaban J connectivity index is 2.03. The molecule has 2 N–H and O–H groups in total. The Morgan fingerprint density at radius 3 is 2.71 bits per heavy atom. The molecule has 2 rings (SSSR count). The van der Waals surface area contributed by atoms with Gasteiger partial charge in [-0.05, 0) is 30.8 Å². The molecule has 4 heteroatoms. The van der Waals surface area contributed by atoms with Crippen molar-refractivity contribution in [1.82, 2.24) is 5.32 Å². The second kappa shape index (κ2) is 7.45. The molecule has 0 fully saturated rings. The summed E-state index contributed by atoms with van der Waals surface area (Å²) in [5.41, 5.74) is 2.82. The molecule has 0 spiro atoms. The fourth-order valence-corrected chi connectivity index (χ4v) is 2.19. The molecular formula is C17H20N2O2. The predicted molar refractivity (Wildman–Crippen MR) is 84.5 cm³/mol. The average molecular weight is 284 g/mol. The lowest BCUT2D eigenvalue weighted by Gasteiger charge is -2.10. The highest BCUT2D eigenvalue weighted by atomic mass is 16.5. The zero-order valence-corrected chi connectivity index (χ0v) is 12.3. The summed E-state index contributed by atoms with van der Waals surface area (Å²) >= 11 is 0. The zero-order valence-electron chi connectivity index (χ0n) is 12.3. The van der Waals surface area contributed by atoms with Gasteiger partial charge >= 0.3 is 0 Å². The van der Waals surface area contributed by atoms with Crippen LogP contribution in [-0.2, 0) is 17.8 Å². The monoisotopic (exact) mass is 284 g/mol. The number of benzene rings is 2. The lowest BCUT2D eigenvalue weighted by Crippen LogP contribution is -2.15. The molecule has 0 atom stereocenters. The van der Waals surface area contributed by atoms with Crippen LogP contribution in [0.5, 0.6) is 5.75 Å². The first kappa shape index (κ1) is 15.1. The van der Waals surface area contributed by atoms with Crippen LogP contribution in [0.3, 0.4) is 0 Å². The molecule has 4 nitrogen and oxygen atoms in total. The van der Waals surface area contributed by atoms with E-state index in [1.165, 1.54) is 0 Å². The van der Waals surface area contributed by atoms with Crippen LogP contribution in [0.1, 0.15) is 11.1 Å². The van der Waals surface area contributed by atoms with Gasteiger partial charge in [-0.3, -0.25) is 4.79 Å². The molecule has 0 bridgehead atoms. The molecule has 0 radical (unpaired) electrons. The van der Waals surface area contributed by atoms with E-state index in [4.69, 9.17) is 4.74 Å². The third kappa shape index (κ3) is 4.33. The van der Waals surface area contributed by atoms with Crippen molar-refractivity contribution >= 4 is 11.6 Å². The first-order valence-corrected chi connectivity index (χ1v) is 6.88. The summed E-state index contributed by atoms with van der Waals surface area (Å²) in [6.45, 7) is 0.774. The molecule has 0 saturated carbocycles. The summed E-state index contributed by atoms with van der Waals surface area (Å²) < 4.78 is 5.26. The largest absolute Gasteiger partial charge is 0.496 e. The van der Waals surface area contributed by atoms with Gasteiger partial charge in [0.1, 0.15) is 5.75 Å². The fourth-order valence-electron chi connectivity index (χ4n) is 2.19. The highest BCUT2D eigenvalue weighted by molar-refractivity contribution is 5.92. The minimum atomic E-state index is -0.0545. The summed E-state index contributed by atoms with van der Waals surface area (Å²) in [6, 6.07) is 15.4. The van der Waals surface area contributed by atoms with Crippen molar-refractivity contribution in [2.75, 3.05) is 19.5 Å². The van der Waals surface area contributed by atoms with Crippen molar-refractivity contribution in [1.29, 1.82) is 0 Å². The quantitative estimate of drug-likeness (QED) is 0.857. The topological polar surface area (TPSA) is 50.4 Å². The van der Waals surface area contributed by atoms with Crippen LogP contribution in [0, 0.1) is 0 Å². The van der Waals surface area contributed by atoms with Gasteiger partial charge in [0.2, 0.25) is 5.91 Å². The van der Waals surface area contributed by atoms with Gasteiger partial charge in [-0.1, -0.05) is 30.3 Å². The van der Waals surface area contributed by atoms with Crippen molar-refractivity contribution < 1.29 is 9.53 Å². The Hall–Kier alpha value is -2.33. The van der Waals surface area contributed by atoms with Crippen LogP contribution in [0.25, 0.3) is 0 Å². The van der Waals surface area contributed by atoms with Gasteiger partial charge < -0.3 is 15.4 Å². The van der Waals surface area contributed by atoms with Gasteiger partial charge in [0, 0.05) is 17.8 Å². The van der Waals surface area contributed by atoms with Crippen molar-refractivity contribution in [2.45, 2.75) is 13.0 Å². The van der Waals surface area contributed by atoms with Gasteiger partial charge in [0.25, 0.3) is 0 Å². The number of hydrogen-bond acceptors (Lipinski definition) is 3. The summed E-state index contributed by atoms with van der Waals surface area (Å²) in [4.78, 5) is 12.1. The number of ether oxygens (including phenoxy) is 1. The molecule has 2 aromatic carbocycles. The Morgan fingerprint density at radius 2 is 1.95 bits per heavy atom. The molecule has 0 aliphatic rings. The maximum Gasteiger partial charge on any atom is 0.228 e. The van der Waals surface area contributed by atoms with Crippen LogP contribution in [0.2, 0.25) is 0 Å². The van der Waals surface area contributed by atoms with Crippen molar-refractivity contribution in [3.05, 3.63) is 59.7 Å². The summed E-state index contributed by atoms with van der Waals surface area (Å²) in [5.74, 6) is 0.678. The van der Waals surface area contributed by atoms with Crippen LogP contribution in [0.15, 0.2) is 48.5 Å². The minimum Gasteiger partial charge on any atom is -0.496 e. The molecular weight excluding hydrogens is 264 g/mol. The number of amides is 1. The van der Waals surface area contributed by atoms with Crippen molar-refractivity contribution in [3.8, 4) is 5.75 Å². The Bertz CT molecular complexity index is 611. The van der Waals surface area contributed by atoms with E-state index in [1.807, 2.05) is 55.6 Å². The predicted octanol–water partition coefficient (Wildman–Crippen LogP) is 2.60. The SMILES string of the molecule is CNCc1cccc(NC(=O)Cc2ccccc2OC)c1. The molecule has 0 aliphatic heterocycles. The van der Waals surface area contributed by atoms with E-state index in [0.717, 1.165) is 29.1 Å². The van der Waals surface area contributed by atoms with Crippen LogP contribution >= 0.6 is 0 Å². The van der Waals surface area contributed by atoms with E-state index in [9.17, 15) is 4.79 Å². The summed E-state index contributed by atoms with van der Waals surface area (Å²) in [7, 11) is 3.50. The van der Waals surface area contributed by atoms with E-state index in [1.54, 1.807) is 7.11 Å². The van der Waals surface area contributed by atoms with Gasteiger partial charge in [-0.2, -0.15) is 0 Å². The number of nitrogens with one attached hydrogen (secondary N) is 2. The number of rotatable bonds is 6. The molecule has 0 aromatic heterocycles. The van der Waals surface area contributed by atoms with Gasteiger partial charge in [0.05, 0.1) is 13.5 Å². The molecule has 110 valence electrons. The van der Waals surface area contributed by atoms with Crippen molar-refractivity contribution in [2.24, 2.45) is 0 Å². The maximum atomic E-state index is 12.1. The lowest BCUT2D eigenvalue weighted by atomic mass is 10.1. The van der Waals surface area contributed by atoms with Crippen LogP contribution in [-0.4, -0.2) is 20.1 Å². The van der Waals surface area contributed by atoms with Crippen LogP contribution in [0.4, 0.5) is 5.69 Å². The maximum absolute atomic E-state index is 12.1. The second-order valence-electron chi connectivity index (χ2n) is 4.77. The molecule has 1 amide bonds. The smallest absolute Gasteiger partial charge is 0.228 e. The molecule has 0 unspecified atom stereocenters.